The summed E-state index contributed by atoms with van der Waals surface area (Å²) in [7, 11) is 3.33. The van der Waals surface area contributed by atoms with Crippen LogP contribution in [-0.2, 0) is 6.54 Å². The summed E-state index contributed by atoms with van der Waals surface area (Å²) in [5.41, 5.74) is 0.949. The highest BCUT2D eigenvalue weighted by Crippen LogP contribution is 2.19. The van der Waals surface area contributed by atoms with Crippen molar-refractivity contribution in [3.05, 3.63) is 35.9 Å². The van der Waals surface area contributed by atoms with Crippen LogP contribution >= 0.6 is 0 Å². The molecule has 0 saturated carbocycles. The van der Waals surface area contributed by atoms with Gasteiger partial charge in [0, 0.05) is 14.1 Å². The van der Waals surface area contributed by atoms with E-state index in [0.717, 1.165) is 5.56 Å². The van der Waals surface area contributed by atoms with Crippen molar-refractivity contribution in [1.29, 1.82) is 0 Å². The van der Waals surface area contributed by atoms with Crippen LogP contribution in [0.4, 0.5) is 13.2 Å². The molecule has 112 valence electrons. The summed E-state index contributed by atoms with van der Waals surface area (Å²) in [6, 6.07) is 9.35. The largest absolute Gasteiger partial charge is 0.416 e. The van der Waals surface area contributed by atoms with E-state index in [4.69, 9.17) is 5.11 Å². The lowest BCUT2D eigenvalue weighted by Crippen LogP contribution is -2.45. The van der Waals surface area contributed by atoms with Gasteiger partial charge in [-0.05, 0) is 5.56 Å². The van der Waals surface area contributed by atoms with Gasteiger partial charge in [-0.25, -0.2) is 4.99 Å². The molecule has 0 aliphatic rings. The molecule has 0 aromatic heterocycles. The van der Waals surface area contributed by atoms with E-state index in [2.05, 4.69) is 10.3 Å². The minimum absolute atomic E-state index is 0.289. The third-order valence-corrected chi connectivity index (χ3v) is 2.51. The van der Waals surface area contributed by atoms with Gasteiger partial charge in [0.1, 0.15) is 0 Å². The highest BCUT2D eigenvalue weighted by molar-refractivity contribution is 5.79. The van der Waals surface area contributed by atoms with Crippen molar-refractivity contribution in [3.63, 3.8) is 0 Å². The van der Waals surface area contributed by atoms with E-state index in [1.165, 1.54) is 0 Å². The Hall–Kier alpha value is -1.76. The van der Waals surface area contributed by atoms with Crippen molar-refractivity contribution < 1.29 is 18.3 Å². The van der Waals surface area contributed by atoms with E-state index in [9.17, 15) is 13.2 Å². The third-order valence-electron chi connectivity index (χ3n) is 2.51. The van der Waals surface area contributed by atoms with Crippen LogP contribution in [0.3, 0.4) is 0 Å². The summed E-state index contributed by atoms with van der Waals surface area (Å²) < 4.78 is 36.6. The number of nitrogens with zero attached hydrogens (tertiary/aromatic N) is 2. The lowest BCUT2D eigenvalue weighted by Gasteiger charge is -2.21. The number of rotatable bonds is 4. The zero-order valence-corrected chi connectivity index (χ0v) is 11.4. The van der Waals surface area contributed by atoms with Gasteiger partial charge in [-0.15, -0.1) is 0 Å². The van der Waals surface area contributed by atoms with Gasteiger partial charge in [0.2, 0.25) is 0 Å². The maximum atomic E-state index is 12.2. The van der Waals surface area contributed by atoms with Crippen molar-refractivity contribution in [2.24, 2.45) is 4.99 Å². The topological polar surface area (TPSA) is 47.9 Å². The van der Waals surface area contributed by atoms with Crippen LogP contribution in [-0.4, -0.2) is 48.9 Å². The van der Waals surface area contributed by atoms with Gasteiger partial charge >= 0.3 is 6.18 Å². The molecule has 0 saturated heterocycles. The fourth-order valence-electron chi connectivity index (χ4n) is 1.41. The SMILES string of the molecule is CN(C)C(=NCc1ccccc1)NCC(O)C(F)(F)F. The van der Waals surface area contributed by atoms with Gasteiger partial charge in [0.15, 0.2) is 12.1 Å². The first-order valence-electron chi connectivity index (χ1n) is 6.05. The normalized spacial score (nSPS) is 14.0. The molecule has 0 heterocycles. The number of benzene rings is 1. The van der Waals surface area contributed by atoms with E-state index in [1.807, 2.05) is 30.3 Å². The molecule has 1 atom stereocenters. The Morgan fingerprint density at radius 1 is 1.30 bits per heavy atom. The highest BCUT2D eigenvalue weighted by atomic mass is 19.4. The average Bonchev–Trinajstić information content (AvgIpc) is 2.38. The van der Waals surface area contributed by atoms with Crippen LogP contribution in [0.2, 0.25) is 0 Å². The predicted molar refractivity (Wildman–Crippen MR) is 71.3 cm³/mol. The lowest BCUT2D eigenvalue weighted by atomic mass is 10.2. The molecular weight excluding hydrogens is 271 g/mol. The van der Waals surface area contributed by atoms with Crippen LogP contribution in [0.25, 0.3) is 0 Å². The van der Waals surface area contributed by atoms with Crippen molar-refractivity contribution >= 4 is 5.96 Å². The summed E-state index contributed by atoms with van der Waals surface area (Å²) >= 11 is 0. The molecule has 1 aromatic carbocycles. The second-order valence-corrected chi connectivity index (χ2v) is 4.46. The minimum atomic E-state index is -4.64. The van der Waals surface area contributed by atoms with Gasteiger partial charge in [0.25, 0.3) is 0 Å². The molecule has 7 heteroatoms. The van der Waals surface area contributed by atoms with Crippen LogP contribution < -0.4 is 5.32 Å². The summed E-state index contributed by atoms with van der Waals surface area (Å²) in [6.45, 7) is -0.279. The summed E-state index contributed by atoms with van der Waals surface area (Å²) in [4.78, 5) is 5.76. The molecule has 0 fully saturated rings. The van der Waals surface area contributed by atoms with E-state index in [-0.39, 0.29) is 5.96 Å². The molecule has 0 radical (unpaired) electrons. The van der Waals surface area contributed by atoms with Gasteiger partial charge in [-0.2, -0.15) is 13.2 Å². The quantitative estimate of drug-likeness (QED) is 0.654. The zero-order chi connectivity index (χ0) is 15.2. The van der Waals surface area contributed by atoms with Crippen molar-refractivity contribution in [2.45, 2.75) is 18.8 Å². The number of guanidine groups is 1. The number of alkyl halides is 3. The van der Waals surface area contributed by atoms with Crippen LogP contribution in [0.5, 0.6) is 0 Å². The van der Waals surface area contributed by atoms with Crippen molar-refractivity contribution in [2.75, 3.05) is 20.6 Å². The minimum Gasteiger partial charge on any atom is -0.382 e. The van der Waals surface area contributed by atoms with Crippen LogP contribution in [0.1, 0.15) is 5.56 Å². The molecule has 0 amide bonds. The Bertz CT molecular complexity index is 432. The fraction of sp³-hybridized carbons (Fsp3) is 0.462. The number of aliphatic imine (C=N–C) groups is 1. The molecule has 0 aliphatic heterocycles. The predicted octanol–water partition coefficient (Wildman–Crippen LogP) is 1.62. The molecule has 20 heavy (non-hydrogen) atoms. The Labute approximate surface area is 115 Å². The third kappa shape index (κ3) is 5.48. The van der Waals surface area contributed by atoms with Crippen molar-refractivity contribution in [3.8, 4) is 0 Å². The number of aliphatic hydroxyl groups is 1. The van der Waals surface area contributed by atoms with Gasteiger partial charge < -0.3 is 15.3 Å². The fourth-order valence-corrected chi connectivity index (χ4v) is 1.41. The zero-order valence-electron chi connectivity index (χ0n) is 11.4. The number of hydrogen-bond donors (Lipinski definition) is 2. The molecule has 4 nitrogen and oxygen atoms in total. The monoisotopic (exact) mass is 289 g/mol. The lowest BCUT2D eigenvalue weighted by molar-refractivity contribution is -0.201. The maximum absolute atomic E-state index is 12.2. The van der Waals surface area contributed by atoms with Gasteiger partial charge in [-0.3, -0.25) is 0 Å². The number of nitrogens with one attached hydrogen (secondary N) is 1. The van der Waals surface area contributed by atoms with E-state index in [0.29, 0.717) is 6.54 Å². The molecule has 1 aromatic rings. The molecular formula is C13H18F3N3O. The first-order valence-corrected chi connectivity index (χ1v) is 6.05. The maximum Gasteiger partial charge on any atom is 0.416 e. The number of aliphatic hydroxyl groups excluding tert-OH is 1. The van der Waals surface area contributed by atoms with Crippen LogP contribution in [0.15, 0.2) is 35.3 Å². The Kier molecular flexibility index (Phi) is 5.82. The molecule has 0 spiro atoms. The van der Waals surface area contributed by atoms with Gasteiger partial charge in [-0.1, -0.05) is 30.3 Å². The van der Waals surface area contributed by atoms with E-state index >= 15 is 0 Å². The first kappa shape index (κ1) is 16.3. The number of hydrogen-bond acceptors (Lipinski definition) is 2. The van der Waals surface area contributed by atoms with Crippen LogP contribution in [0, 0.1) is 0 Å². The molecule has 0 bridgehead atoms. The van der Waals surface area contributed by atoms with E-state index in [1.54, 1.807) is 19.0 Å². The second kappa shape index (κ2) is 7.14. The number of halogens is 3. The molecule has 0 aliphatic carbocycles. The Morgan fingerprint density at radius 3 is 2.40 bits per heavy atom. The summed E-state index contributed by atoms with van der Waals surface area (Å²) in [6.07, 6.45) is -7.05. The first-order chi connectivity index (χ1) is 9.30. The summed E-state index contributed by atoms with van der Waals surface area (Å²) in [5, 5.41) is 11.4. The van der Waals surface area contributed by atoms with E-state index < -0.39 is 18.8 Å². The Morgan fingerprint density at radius 2 is 1.90 bits per heavy atom. The second-order valence-electron chi connectivity index (χ2n) is 4.46. The molecule has 2 N–H and O–H groups in total. The highest BCUT2D eigenvalue weighted by Gasteiger charge is 2.38. The standard InChI is InChI=1S/C13H18F3N3O/c1-19(2)12(18-9-11(20)13(14,15)16)17-8-10-6-4-3-5-7-10/h3-7,11,20H,8-9H2,1-2H3,(H,17,18). The average molecular weight is 289 g/mol. The van der Waals surface area contributed by atoms with Crippen molar-refractivity contribution in [1.82, 2.24) is 10.2 Å². The smallest absolute Gasteiger partial charge is 0.382 e. The Balaban J connectivity index is 2.61. The molecule has 1 unspecified atom stereocenters. The summed E-state index contributed by atoms with van der Waals surface area (Å²) in [5.74, 6) is 0.289. The van der Waals surface area contributed by atoms with Gasteiger partial charge in [0.05, 0.1) is 13.1 Å². The molecule has 1 rings (SSSR count).